The van der Waals surface area contributed by atoms with Crippen molar-refractivity contribution >= 4 is 21.7 Å². The molecule has 2 N–H and O–H groups in total. The van der Waals surface area contributed by atoms with Crippen LogP contribution in [0.5, 0.6) is 0 Å². The molecule has 6 nitrogen and oxygen atoms in total. The minimum atomic E-state index is -3.94. The largest absolute Gasteiger partial charge is 0.465 e. The number of carbonyl (C=O) groups excluding carboxylic acids is 1. The van der Waals surface area contributed by atoms with E-state index in [4.69, 9.17) is 5.11 Å². The first kappa shape index (κ1) is 17.9. The fourth-order valence-electron chi connectivity index (χ4n) is 2.18. The number of halogens is 1. The Kier molecular flexibility index (Phi) is 5.20. The first-order chi connectivity index (χ1) is 11.3. The zero-order valence-electron chi connectivity index (χ0n) is 13.0. The molecule has 0 bridgehead atoms. The van der Waals surface area contributed by atoms with Gasteiger partial charge in [0.25, 0.3) is 10.0 Å². The van der Waals surface area contributed by atoms with Crippen LogP contribution in [-0.4, -0.2) is 26.6 Å². The van der Waals surface area contributed by atoms with E-state index in [-0.39, 0.29) is 22.8 Å². The molecule has 0 radical (unpaired) electrons. The number of rotatable bonds is 5. The van der Waals surface area contributed by atoms with E-state index in [2.05, 4.69) is 9.46 Å². The van der Waals surface area contributed by atoms with Crippen molar-refractivity contribution < 1.29 is 27.4 Å². The van der Waals surface area contributed by atoms with Gasteiger partial charge < -0.3 is 9.84 Å². The van der Waals surface area contributed by atoms with Crippen LogP contribution in [0.3, 0.4) is 0 Å². The summed E-state index contributed by atoms with van der Waals surface area (Å²) in [5.74, 6) is -1.74. The van der Waals surface area contributed by atoms with Gasteiger partial charge >= 0.3 is 5.97 Å². The van der Waals surface area contributed by atoms with Crippen LogP contribution in [0, 0.1) is 12.7 Å². The Morgan fingerprint density at radius 2 is 1.96 bits per heavy atom. The standard InChI is InChI=1S/C16H16FNO5S/c1-10-7-11(9-19)3-6-15(10)24(21,22)18-12-4-5-13(14(17)8-12)16(20)23-2/h3-8,18-19H,9H2,1-2H3. The molecule has 2 rings (SSSR count). The maximum Gasteiger partial charge on any atom is 0.340 e. The van der Waals surface area contributed by atoms with Crippen molar-refractivity contribution in [3.05, 3.63) is 58.9 Å². The number of aliphatic hydroxyl groups is 1. The number of benzene rings is 2. The summed E-state index contributed by atoms with van der Waals surface area (Å²) in [6.07, 6.45) is 0. The molecule has 0 aliphatic carbocycles. The molecular weight excluding hydrogens is 337 g/mol. The van der Waals surface area contributed by atoms with Gasteiger partial charge in [-0.15, -0.1) is 0 Å². The highest BCUT2D eigenvalue weighted by molar-refractivity contribution is 7.92. The van der Waals surface area contributed by atoms with Gasteiger partial charge in [0.15, 0.2) is 0 Å². The van der Waals surface area contributed by atoms with Gasteiger partial charge in [0, 0.05) is 0 Å². The van der Waals surface area contributed by atoms with Gasteiger partial charge in [0.2, 0.25) is 0 Å². The Labute approximate surface area is 138 Å². The number of sulfonamides is 1. The van der Waals surface area contributed by atoms with Crippen LogP contribution in [-0.2, 0) is 21.4 Å². The Balaban J connectivity index is 2.33. The van der Waals surface area contributed by atoms with E-state index < -0.39 is 21.8 Å². The van der Waals surface area contributed by atoms with Crippen LogP contribution in [0.1, 0.15) is 21.5 Å². The van der Waals surface area contributed by atoms with Crippen LogP contribution in [0.4, 0.5) is 10.1 Å². The lowest BCUT2D eigenvalue weighted by Gasteiger charge is -2.12. The number of aliphatic hydroxyl groups excluding tert-OH is 1. The highest BCUT2D eigenvalue weighted by Crippen LogP contribution is 2.22. The molecule has 0 heterocycles. The van der Waals surface area contributed by atoms with Crippen LogP contribution in [0.25, 0.3) is 0 Å². The summed E-state index contributed by atoms with van der Waals surface area (Å²) >= 11 is 0. The molecule has 0 aliphatic heterocycles. The number of anilines is 1. The third-order valence-electron chi connectivity index (χ3n) is 3.34. The predicted molar refractivity (Wildman–Crippen MR) is 85.6 cm³/mol. The number of esters is 1. The van der Waals surface area contributed by atoms with Crippen molar-refractivity contribution in [3.63, 3.8) is 0 Å². The summed E-state index contributed by atoms with van der Waals surface area (Å²) in [4.78, 5) is 11.3. The minimum absolute atomic E-state index is 0.0113. The van der Waals surface area contributed by atoms with E-state index in [1.54, 1.807) is 13.0 Å². The van der Waals surface area contributed by atoms with Crippen molar-refractivity contribution in [2.45, 2.75) is 18.4 Å². The van der Waals surface area contributed by atoms with Crippen LogP contribution < -0.4 is 4.72 Å². The third-order valence-corrected chi connectivity index (χ3v) is 4.88. The number of ether oxygens (including phenoxy) is 1. The molecule has 0 fully saturated rings. The first-order valence-electron chi connectivity index (χ1n) is 6.89. The number of methoxy groups -OCH3 is 1. The Morgan fingerprint density at radius 1 is 1.25 bits per heavy atom. The Morgan fingerprint density at radius 3 is 2.50 bits per heavy atom. The van der Waals surface area contributed by atoms with Crippen molar-refractivity contribution in [3.8, 4) is 0 Å². The van der Waals surface area contributed by atoms with E-state index >= 15 is 0 Å². The van der Waals surface area contributed by atoms with Gasteiger partial charge in [-0.25, -0.2) is 17.6 Å². The molecule has 0 aliphatic rings. The zero-order chi connectivity index (χ0) is 17.9. The highest BCUT2D eigenvalue weighted by atomic mass is 32.2. The van der Waals surface area contributed by atoms with Gasteiger partial charge in [0.1, 0.15) is 5.82 Å². The van der Waals surface area contributed by atoms with E-state index in [0.29, 0.717) is 11.1 Å². The monoisotopic (exact) mass is 353 g/mol. The van der Waals surface area contributed by atoms with E-state index in [1.165, 1.54) is 18.2 Å². The van der Waals surface area contributed by atoms with Gasteiger partial charge in [-0.2, -0.15) is 0 Å². The Bertz CT molecular complexity index is 880. The summed E-state index contributed by atoms with van der Waals surface area (Å²) < 4.78 is 45.4. The third kappa shape index (κ3) is 3.72. The average molecular weight is 353 g/mol. The van der Waals surface area contributed by atoms with Crippen LogP contribution in [0.15, 0.2) is 41.3 Å². The van der Waals surface area contributed by atoms with E-state index in [0.717, 1.165) is 19.2 Å². The summed E-state index contributed by atoms with van der Waals surface area (Å²) in [5.41, 5.74) is 0.718. The minimum Gasteiger partial charge on any atom is -0.465 e. The fourth-order valence-corrected chi connectivity index (χ4v) is 3.45. The number of aryl methyl sites for hydroxylation is 1. The second-order valence-corrected chi connectivity index (χ2v) is 6.70. The zero-order valence-corrected chi connectivity index (χ0v) is 13.9. The van der Waals surface area contributed by atoms with Crippen molar-refractivity contribution in [2.24, 2.45) is 0 Å². The molecule has 0 spiro atoms. The van der Waals surface area contributed by atoms with Crippen LogP contribution in [0.2, 0.25) is 0 Å². The van der Waals surface area contributed by atoms with E-state index in [1.807, 2.05) is 0 Å². The molecule has 0 unspecified atom stereocenters. The lowest BCUT2D eigenvalue weighted by Crippen LogP contribution is -2.15. The van der Waals surface area contributed by atoms with Gasteiger partial charge in [-0.3, -0.25) is 4.72 Å². The van der Waals surface area contributed by atoms with Crippen molar-refractivity contribution in [2.75, 3.05) is 11.8 Å². The van der Waals surface area contributed by atoms with Gasteiger partial charge in [-0.05, 0) is 42.3 Å². The predicted octanol–water partition coefficient (Wildman–Crippen LogP) is 2.21. The smallest absolute Gasteiger partial charge is 0.340 e. The number of nitrogens with one attached hydrogen (secondary N) is 1. The number of hydrogen-bond donors (Lipinski definition) is 2. The molecule has 0 saturated carbocycles. The lowest BCUT2D eigenvalue weighted by atomic mass is 10.1. The second-order valence-electron chi connectivity index (χ2n) is 5.05. The van der Waals surface area contributed by atoms with Crippen molar-refractivity contribution in [1.29, 1.82) is 0 Å². The number of carbonyl (C=O) groups is 1. The summed E-state index contributed by atoms with van der Waals surface area (Å²) in [7, 11) is -2.82. The molecule has 2 aromatic rings. The average Bonchev–Trinajstić information content (AvgIpc) is 2.53. The van der Waals surface area contributed by atoms with E-state index in [9.17, 15) is 17.6 Å². The molecule has 0 atom stereocenters. The first-order valence-corrected chi connectivity index (χ1v) is 8.38. The molecule has 2 aromatic carbocycles. The molecular formula is C16H16FNO5S. The summed E-state index contributed by atoms with van der Waals surface area (Å²) in [6.45, 7) is 1.39. The Hall–Kier alpha value is -2.45. The van der Waals surface area contributed by atoms with Gasteiger partial charge in [0.05, 0.1) is 29.9 Å². The maximum absolute atomic E-state index is 13.9. The van der Waals surface area contributed by atoms with Gasteiger partial charge in [-0.1, -0.05) is 12.1 Å². The topological polar surface area (TPSA) is 92.7 Å². The molecule has 0 aromatic heterocycles. The summed E-state index contributed by atoms with van der Waals surface area (Å²) in [6, 6.07) is 7.71. The summed E-state index contributed by atoms with van der Waals surface area (Å²) in [5, 5.41) is 9.07. The molecule has 8 heteroatoms. The van der Waals surface area contributed by atoms with Crippen molar-refractivity contribution in [1.82, 2.24) is 0 Å². The maximum atomic E-state index is 13.9. The molecule has 0 saturated heterocycles. The van der Waals surface area contributed by atoms with Crippen LogP contribution >= 0.6 is 0 Å². The second kappa shape index (κ2) is 6.98. The SMILES string of the molecule is COC(=O)c1ccc(NS(=O)(=O)c2ccc(CO)cc2C)cc1F. The quantitative estimate of drug-likeness (QED) is 0.804. The highest BCUT2D eigenvalue weighted by Gasteiger charge is 2.19. The molecule has 24 heavy (non-hydrogen) atoms. The molecule has 0 amide bonds. The normalized spacial score (nSPS) is 11.2. The fraction of sp³-hybridized carbons (Fsp3) is 0.188. The molecule has 128 valence electrons. The lowest BCUT2D eigenvalue weighted by molar-refractivity contribution is 0.0595. The number of hydrogen-bond acceptors (Lipinski definition) is 5.